The standard InChI is InChI=1S/C24H20Cl2N4OS/c1-16-6-5-9-21(10-16)30-22(11-17-7-3-2-4-8-17)28-29-24(30)32-15-23(31)27-20-13-18(25)12-19(26)14-20/h2-10,12-14H,11,15H2,1H3,(H,27,31). The van der Waals surface area contributed by atoms with Crippen LogP contribution in [0.4, 0.5) is 5.69 Å². The van der Waals surface area contributed by atoms with Crippen LogP contribution < -0.4 is 5.32 Å². The first kappa shape index (κ1) is 22.4. The van der Waals surface area contributed by atoms with Crippen LogP contribution in [0.5, 0.6) is 0 Å². The highest BCUT2D eigenvalue weighted by atomic mass is 35.5. The Morgan fingerprint density at radius 1 is 0.969 bits per heavy atom. The summed E-state index contributed by atoms with van der Waals surface area (Å²) in [4.78, 5) is 12.5. The molecule has 0 spiro atoms. The van der Waals surface area contributed by atoms with Gasteiger partial charge in [-0.05, 0) is 48.4 Å². The Labute approximate surface area is 200 Å². The predicted molar refractivity (Wildman–Crippen MR) is 131 cm³/mol. The number of hydrogen-bond acceptors (Lipinski definition) is 4. The minimum Gasteiger partial charge on any atom is -0.325 e. The fraction of sp³-hybridized carbons (Fsp3) is 0.125. The smallest absolute Gasteiger partial charge is 0.234 e. The highest BCUT2D eigenvalue weighted by Crippen LogP contribution is 2.26. The van der Waals surface area contributed by atoms with Crippen LogP contribution in [0.25, 0.3) is 5.69 Å². The van der Waals surface area contributed by atoms with Crippen LogP contribution in [0.2, 0.25) is 10.0 Å². The topological polar surface area (TPSA) is 59.8 Å². The van der Waals surface area contributed by atoms with Gasteiger partial charge in [-0.3, -0.25) is 9.36 Å². The van der Waals surface area contributed by atoms with E-state index in [1.807, 2.05) is 47.9 Å². The summed E-state index contributed by atoms with van der Waals surface area (Å²) in [5, 5.41) is 13.2. The zero-order valence-electron chi connectivity index (χ0n) is 17.3. The van der Waals surface area contributed by atoms with Crippen molar-refractivity contribution < 1.29 is 4.79 Å². The predicted octanol–water partition coefficient (Wildman–Crippen LogP) is 6.20. The second kappa shape index (κ2) is 10.2. The monoisotopic (exact) mass is 482 g/mol. The maximum atomic E-state index is 12.5. The molecular weight excluding hydrogens is 463 g/mol. The number of anilines is 1. The molecule has 0 aliphatic carbocycles. The summed E-state index contributed by atoms with van der Waals surface area (Å²) in [6, 6.07) is 23.2. The second-order valence-corrected chi connectivity index (χ2v) is 9.05. The summed E-state index contributed by atoms with van der Waals surface area (Å²) in [7, 11) is 0. The van der Waals surface area contributed by atoms with Crippen molar-refractivity contribution in [2.75, 3.05) is 11.1 Å². The van der Waals surface area contributed by atoms with Gasteiger partial charge in [0.2, 0.25) is 5.91 Å². The Morgan fingerprint density at radius 2 is 1.72 bits per heavy atom. The molecule has 162 valence electrons. The summed E-state index contributed by atoms with van der Waals surface area (Å²) in [6.45, 7) is 2.04. The van der Waals surface area contributed by atoms with Crippen LogP contribution in [-0.2, 0) is 11.2 Å². The van der Waals surface area contributed by atoms with Crippen molar-refractivity contribution in [3.8, 4) is 5.69 Å². The van der Waals surface area contributed by atoms with E-state index in [1.54, 1.807) is 18.2 Å². The number of aromatic nitrogens is 3. The van der Waals surface area contributed by atoms with Gasteiger partial charge in [0.15, 0.2) is 5.16 Å². The van der Waals surface area contributed by atoms with Gasteiger partial charge in [0.1, 0.15) is 5.82 Å². The van der Waals surface area contributed by atoms with Gasteiger partial charge in [-0.2, -0.15) is 0 Å². The van der Waals surface area contributed by atoms with Gasteiger partial charge in [0.25, 0.3) is 0 Å². The van der Waals surface area contributed by atoms with E-state index in [-0.39, 0.29) is 11.7 Å². The molecule has 1 aromatic heterocycles. The molecule has 1 amide bonds. The molecule has 0 aliphatic rings. The second-order valence-electron chi connectivity index (χ2n) is 7.23. The third kappa shape index (κ3) is 5.71. The number of nitrogens with zero attached hydrogens (tertiary/aromatic N) is 3. The number of hydrogen-bond donors (Lipinski definition) is 1. The third-order valence-electron chi connectivity index (χ3n) is 4.64. The number of amides is 1. The van der Waals surface area contributed by atoms with Crippen molar-refractivity contribution in [2.45, 2.75) is 18.5 Å². The number of aryl methyl sites for hydroxylation is 1. The Hall–Kier alpha value is -2.80. The molecule has 32 heavy (non-hydrogen) atoms. The number of rotatable bonds is 7. The lowest BCUT2D eigenvalue weighted by molar-refractivity contribution is -0.113. The van der Waals surface area contributed by atoms with Gasteiger partial charge in [-0.1, -0.05) is 77.4 Å². The quantitative estimate of drug-likeness (QED) is 0.318. The number of benzene rings is 3. The van der Waals surface area contributed by atoms with Crippen molar-refractivity contribution in [2.24, 2.45) is 0 Å². The zero-order chi connectivity index (χ0) is 22.5. The average Bonchev–Trinajstić information content (AvgIpc) is 3.14. The molecule has 5 nitrogen and oxygen atoms in total. The summed E-state index contributed by atoms with van der Waals surface area (Å²) in [5.41, 5.74) is 3.79. The average molecular weight is 483 g/mol. The van der Waals surface area contributed by atoms with Crippen molar-refractivity contribution in [1.29, 1.82) is 0 Å². The van der Waals surface area contributed by atoms with E-state index in [0.29, 0.717) is 27.3 Å². The van der Waals surface area contributed by atoms with Gasteiger partial charge >= 0.3 is 0 Å². The summed E-state index contributed by atoms with van der Waals surface area (Å²) in [5.74, 6) is 0.794. The SMILES string of the molecule is Cc1cccc(-n2c(Cc3ccccc3)nnc2SCC(=O)Nc2cc(Cl)cc(Cl)c2)c1. The van der Waals surface area contributed by atoms with Crippen molar-refractivity contribution in [3.63, 3.8) is 0 Å². The zero-order valence-corrected chi connectivity index (χ0v) is 19.6. The summed E-state index contributed by atoms with van der Waals surface area (Å²) < 4.78 is 2.01. The lowest BCUT2D eigenvalue weighted by Crippen LogP contribution is -2.14. The van der Waals surface area contributed by atoms with Gasteiger partial charge in [0.05, 0.1) is 5.75 Å². The summed E-state index contributed by atoms with van der Waals surface area (Å²) >= 11 is 13.4. The first-order chi connectivity index (χ1) is 15.5. The van der Waals surface area contributed by atoms with Crippen molar-refractivity contribution in [1.82, 2.24) is 14.8 Å². The summed E-state index contributed by atoms with van der Waals surface area (Å²) in [6.07, 6.45) is 0.634. The largest absolute Gasteiger partial charge is 0.325 e. The van der Waals surface area contributed by atoms with E-state index in [4.69, 9.17) is 23.2 Å². The highest BCUT2D eigenvalue weighted by molar-refractivity contribution is 7.99. The highest BCUT2D eigenvalue weighted by Gasteiger charge is 2.17. The Balaban J connectivity index is 1.55. The van der Waals surface area contributed by atoms with Crippen LogP contribution in [0.15, 0.2) is 78.0 Å². The van der Waals surface area contributed by atoms with Gasteiger partial charge in [0, 0.05) is 27.8 Å². The van der Waals surface area contributed by atoms with E-state index >= 15 is 0 Å². The maximum Gasteiger partial charge on any atom is 0.234 e. The van der Waals surface area contributed by atoms with Gasteiger partial charge in [-0.15, -0.1) is 10.2 Å². The van der Waals surface area contributed by atoms with Gasteiger partial charge in [-0.25, -0.2) is 0 Å². The molecule has 1 heterocycles. The molecule has 0 fully saturated rings. The lowest BCUT2D eigenvalue weighted by atomic mass is 10.1. The maximum absolute atomic E-state index is 12.5. The van der Waals surface area contributed by atoms with Crippen LogP contribution in [0.1, 0.15) is 17.0 Å². The minimum absolute atomic E-state index is 0.166. The molecule has 0 saturated heterocycles. The fourth-order valence-electron chi connectivity index (χ4n) is 3.27. The molecule has 1 N–H and O–H groups in total. The van der Waals surface area contributed by atoms with Crippen molar-refractivity contribution in [3.05, 3.63) is 99.8 Å². The molecule has 4 aromatic rings. The number of nitrogens with one attached hydrogen (secondary N) is 1. The molecule has 8 heteroatoms. The van der Waals surface area contributed by atoms with Crippen LogP contribution >= 0.6 is 35.0 Å². The number of thioether (sulfide) groups is 1. The van der Waals surface area contributed by atoms with E-state index in [9.17, 15) is 4.79 Å². The Kier molecular flexibility index (Phi) is 7.15. The molecular formula is C24H20Cl2N4OS. The van der Waals surface area contributed by atoms with E-state index in [1.165, 1.54) is 11.8 Å². The molecule has 0 unspecified atom stereocenters. The number of carbonyl (C=O) groups is 1. The number of halogens is 2. The molecule has 0 bridgehead atoms. The van der Waals surface area contributed by atoms with Crippen LogP contribution in [0.3, 0.4) is 0 Å². The molecule has 0 saturated carbocycles. The Bertz CT molecular complexity index is 1220. The van der Waals surface area contributed by atoms with Gasteiger partial charge < -0.3 is 5.32 Å². The van der Waals surface area contributed by atoms with E-state index in [0.717, 1.165) is 22.6 Å². The molecule has 4 rings (SSSR count). The number of carbonyl (C=O) groups excluding carboxylic acids is 1. The van der Waals surface area contributed by atoms with E-state index in [2.05, 4.69) is 33.7 Å². The third-order valence-corrected chi connectivity index (χ3v) is 6.01. The lowest BCUT2D eigenvalue weighted by Gasteiger charge is -2.11. The van der Waals surface area contributed by atoms with Crippen LogP contribution in [0, 0.1) is 6.92 Å². The Morgan fingerprint density at radius 3 is 2.44 bits per heavy atom. The van der Waals surface area contributed by atoms with E-state index < -0.39 is 0 Å². The fourth-order valence-corrected chi connectivity index (χ4v) is 4.56. The molecule has 0 radical (unpaired) electrons. The first-order valence-electron chi connectivity index (χ1n) is 9.92. The normalized spacial score (nSPS) is 10.8. The van der Waals surface area contributed by atoms with Crippen LogP contribution in [-0.4, -0.2) is 26.4 Å². The molecule has 0 aliphatic heterocycles. The molecule has 0 atom stereocenters. The van der Waals surface area contributed by atoms with Crippen molar-refractivity contribution >= 4 is 46.6 Å². The minimum atomic E-state index is -0.184. The first-order valence-corrected chi connectivity index (χ1v) is 11.7. The molecule has 3 aromatic carbocycles.